The summed E-state index contributed by atoms with van der Waals surface area (Å²) in [4.78, 5) is 16.2. The number of fused-ring (bicyclic) bond motifs is 1. The smallest absolute Gasteiger partial charge is 0.408 e. The molecule has 2 rings (SSSR count). The number of carbonyl (C=O) groups excluding carboxylic acids is 1. The second-order valence-electron chi connectivity index (χ2n) is 5.65. The highest BCUT2D eigenvalue weighted by atomic mass is 79.9. The van der Waals surface area contributed by atoms with Gasteiger partial charge in [0.2, 0.25) is 0 Å². The third-order valence-corrected chi connectivity index (χ3v) is 3.08. The van der Waals surface area contributed by atoms with Gasteiger partial charge >= 0.3 is 6.09 Å². The van der Waals surface area contributed by atoms with Gasteiger partial charge in [0, 0.05) is 16.9 Å². The molecule has 1 amide bonds. The first-order valence-corrected chi connectivity index (χ1v) is 7.17. The number of hydrogen-bond acceptors (Lipinski definition) is 3. The van der Waals surface area contributed by atoms with Gasteiger partial charge in [-0.15, -0.1) is 0 Å². The average Bonchev–Trinajstić information content (AvgIpc) is 2.68. The summed E-state index contributed by atoms with van der Waals surface area (Å²) in [6.45, 7) is 7.37. The van der Waals surface area contributed by atoms with Crippen LogP contribution in [0, 0.1) is 0 Å². The molecule has 0 fully saturated rings. The molecule has 0 spiro atoms. The van der Waals surface area contributed by atoms with Crippen LogP contribution in [-0.4, -0.2) is 21.1 Å². The molecule has 2 heterocycles. The molecule has 0 saturated heterocycles. The molecule has 6 heteroatoms. The van der Waals surface area contributed by atoms with Crippen molar-refractivity contribution in [3.8, 4) is 0 Å². The van der Waals surface area contributed by atoms with Crippen LogP contribution in [0.1, 0.15) is 39.4 Å². The molecule has 0 saturated carbocycles. The van der Waals surface area contributed by atoms with Crippen LogP contribution in [0.25, 0.3) is 5.65 Å². The van der Waals surface area contributed by atoms with Gasteiger partial charge < -0.3 is 14.5 Å². The highest BCUT2D eigenvalue weighted by Crippen LogP contribution is 2.17. The zero-order chi connectivity index (χ0) is 14.9. The standard InChI is InChI=1S/C14H18BrN3O2/c1-9(16-13(19)20-14(2,3)4)11-8-18-7-10(15)5-6-12(18)17-11/h5-9H,1-4H3,(H,16,19)/t9-/m0/s1. The molecule has 0 aromatic carbocycles. The molecule has 0 unspecified atom stereocenters. The number of imidazole rings is 1. The van der Waals surface area contributed by atoms with Crippen molar-refractivity contribution in [3.63, 3.8) is 0 Å². The summed E-state index contributed by atoms with van der Waals surface area (Å²) in [7, 11) is 0. The Balaban J connectivity index is 2.11. The van der Waals surface area contributed by atoms with E-state index in [0.717, 1.165) is 15.8 Å². The van der Waals surface area contributed by atoms with Crippen LogP contribution in [0.5, 0.6) is 0 Å². The number of aromatic nitrogens is 2. The van der Waals surface area contributed by atoms with Crippen molar-refractivity contribution in [1.29, 1.82) is 0 Å². The van der Waals surface area contributed by atoms with Crippen LogP contribution >= 0.6 is 15.9 Å². The van der Waals surface area contributed by atoms with Gasteiger partial charge in [-0.3, -0.25) is 0 Å². The van der Waals surface area contributed by atoms with Gasteiger partial charge in [-0.25, -0.2) is 9.78 Å². The van der Waals surface area contributed by atoms with Crippen molar-refractivity contribution >= 4 is 27.7 Å². The third-order valence-electron chi connectivity index (χ3n) is 2.61. The van der Waals surface area contributed by atoms with Gasteiger partial charge in [0.25, 0.3) is 0 Å². The Morgan fingerprint density at radius 3 is 2.75 bits per heavy atom. The van der Waals surface area contributed by atoms with Crippen molar-refractivity contribution in [1.82, 2.24) is 14.7 Å². The summed E-state index contributed by atoms with van der Waals surface area (Å²) in [5.41, 5.74) is 1.11. The van der Waals surface area contributed by atoms with E-state index in [0.29, 0.717) is 0 Å². The summed E-state index contributed by atoms with van der Waals surface area (Å²) >= 11 is 3.41. The van der Waals surface area contributed by atoms with E-state index in [4.69, 9.17) is 4.74 Å². The molecule has 0 radical (unpaired) electrons. The molecule has 2 aromatic heterocycles. The van der Waals surface area contributed by atoms with Crippen LogP contribution in [0.4, 0.5) is 4.79 Å². The second kappa shape index (κ2) is 5.44. The minimum atomic E-state index is -0.506. The molecule has 20 heavy (non-hydrogen) atoms. The lowest BCUT2D eigenvalue weighted by atomic mass is 10.2. The van der Waals surface area contributed by atoms with E-state index in [2.05, 4.69) is 26.2 Å². The topological polar surface area (TPSA) is 55.6 Å². The summed E-state index contributed by atoms with van der Waals surface area (Å²) in [6, 6.07) is 3.62. The van der Waals surface area contributed by atoms with Crippen molar-refractivity contribution < 1.29 is 9.53 Å². The first-order valence-electron chi connectivity index (χ1n) is 6.38. The lowest BCUT2D eigenvalue weighted by Gasteiger charge is -2.21. The highest BCUT2D eigenvalue weighted by molar-refractivity contribution is 9.10. The molecular formula is C14H18BrN3O2. The molecule has 0 aliphatic carbocycles. The minimum Gasteiger partial charge on any atom is -0.444 e. The van der Waals surface area contributed by atoms with Gasteiger partial charge in [-0.2, -0.15) is 0 Å². The maximum Gasteiger partial charge on any atom is 0.408 e. The largest absolute Gasteiger partial charge is 0.444 e. The van der Waals surface area contributed by atoms with Crippen LogP contribution < -0.4 is 5.32 Å². The Labute approximate surface area is 126 Å². The highest BCUT2D eigenvalue weighted by Gasteiger charge is 2.19. The van der Waals surface area contributed by atoms with Crippen molar-refractivity contribution in [2.75, 3.05) is 0 Å². The number of alkyl carbamates (subject to hydrolysis) is 1. The summed E-state index contributed by atoms with van der Waals surface area (Å²) in [6.07, 6.45) is 3.37. The van der Waals surface area contributed by atoms with E-state index >= 15 is 0 Å². The predicted octanol–water partition coefficient (Wildman–Crippen LogP) is 3.68. The molecule has 108 valence electrons. The fourth-order valence-electron chi connectivity index (χ4n) is 1.75. The zero-order valence-corrected chi connectivity index (χ0v) is 13.6. The normalized spacial score (nSPS) is 13.2. The lowest BCUT2D eigenvalue weighted by Crippen LogP contribution is -2.34. The average molecular weight is 340 g/mol. The van der Waals surface area contributed by atoms with Crippen molar-refractivity contribution in [2.24, 2.45) is 0 Å². The SMILES string of the molecule is C[C@H](NC(=O)OC(C)(C)C)c1cn2cc(Br)ccc2n1. The number of pyridine rings is 1. The third kappa shape index (κ3) is 3.72. The summed E-state index contributed by atoms with van der Waals surface area (Å²) in [5, 5.41) is 2.78. The Morgan fingerprint density at radius 2 is 2.10 bits per heavy atom. The van der Waals surface area contributed by atoms with Gasteiger partial charge in [-0.1, -0.05) is 0 Å². The fourth-order valence-corrected chi connectivity index (χ4v) is 2.10. The quantitative estimate of drug-likeness (QED) is 0.907. The number of carbonyl (C=O) groups is 1. The van der Waals surface area contributed by atoms with E-state index in [1.807, 2.05) is 56.6 Å². The van der Waals surface area contributed by atoms with E-state index in [1.54, 1.807) is 0 Å². The second-order valence-corrected chi connectivity index (χ2v) is 6.56. The molecule has 0 aliphatic heterocycles. The summed E-state index contributed by atoms with van der Waals surface area (Å²) in [5.74, 6) is 0. The first kappa shape index (κ1) is 14.8. The number of rotatable bonds is 2. The van der Waals surface area contributed by atoms with Gasteiger partial charge in [0.05, 0.1) is 11.7 Å². The number of nitrogens with one attached hydrogen (secondary N) is 1. The Hall–Kier alpha value is -1.56. The molecule has 5 nitrogen and oxygen atoms in total. The maximum absolute atomic E-state index is 11.7. The number of nitrogens with zero attached hydrogens (tertiary/aromatic N) is 2. The predicted molar refractivity (Wildman–Crippen MR) is 80.7 cm³/mol. The van der Waals surface area contributed by atoms with Crippen LogP contribution in [-0.2, 0) is 4.74 Å². The number of hydrogen-bond donors (Lipinski definition) is 1. The molecule has 0 bridgehead atoms. The van der Waals surface area contributed by atoms with E-state index in [1.165, 1.54) is 0 Å². The van der Waals surface area contributed by atoms with Crippen LogP contribution in [0.15, 0.2) is 29.0 Å². The maximum atomic E-state index is 11.7. The van der Waals surface area contributed by atoms with Gasteiger partial charge in [0.1, 0.15) is 11.2 Å². The Morgan fingerprint density at radius 1 is 1.40 bits per heavy atom. The van der Waals surface area contributed by atoms with E-state index in [-0.39, 0.29) is 6.04 Å². The van der Waals surface area contributed by atoms with Crippen LogP contribution in [0.2, 0.25) is 0 Å². The Kier molecular flexibility index (Phi) is 4.04. The van der Waals surface area contributed by atoms with Gasteiger partial charge in [-0.05, 0) is 55.8 Å². The first-order chi connectivity index (χ1) is 9.24. The number of ether oxygens (including phenoxy) is 1. The zero-order valence-electron chi connectivity index (χ0n) is 12.0. The molecule has 1 atom stereocenters. The van der Waals surface area contributed by atoms with Crippen LogP contribution in [0.3, 0.4) is 0 Å². The van der Waals surface area contributed by atoms with Crippen molar-refractivity contribution in [3.05, 3.63) is 34.7 Å². The lowest BCUT2D eigenvalue weighted by molar-refractivity contribution is 0.0507. The molecular weight excluding hydrogens is 322 g/mol. The fraction of sp³-hybridized carbons (Fsp3) is 0.429. The minimum absolute atomic E-state index is 0.219. The molecule has 0 aliphatic rings. The molecule has 1 N–H and O–H groups in total. The monoisotopic (exact) mass is 339 g/mol. The number of halogens is 1. The number of amides is 1. The summed E-state index contributed by atoms with van der Waals surface area (Å²) < 4.78 is 8.11. The van der Waals surface area contributed by atoms with Gasteiger partial charge in [0.15, 0.2) is 0 Å². The van der Waals surface area contributed by atoms with E-state index < -0.39 is 11.7 Å². The molecule has 2 aromatic rings. The van der Waals surface area contributed by atoms with E-state index in [9.17, 15) is 4.79 Å². The Bertz CT molecular complexity index is 631. The van der Waals surface area contributed by atoms with Crippen molar-refractivity contribution in [2.45, 2.75) is 39.3 Å².